The Bertz CT molecular complexity index is 463. The molecule has 112 valence electrons. The van der Waals surface area contributed by atoms with Gasteiger partial charge in [-0.3, -0.25) is 4.79 Å². The maximum absolute atomic E-state index is 12.0. The van der Waals surface area contributed by atoms with E-state index >= 15 is 0 Å². The monoisotopic (exact) mass is 280 g/mol. The van der Waals surface area contributed by atoms with Crippen molar-refractivity contribution in [2.45, 2.75) is 63.4 Å². The fourth-order valence-corrected chi connectivity index (χ4v) is 3.14. The molecule has 20 heavy (non-hydrogen) atoms. The Morgan fingerprint density at radius 2 is 2.20 bits per heavy atom. The zero-order chi connectivity index (χ0) is 15.1. The number of rotatable bonds is 4. The van der Waals surface area contributed by atoms with Crippen LogP contribution in [0.1, 0.15) is 40.0 Å². The Labute approximate surface area is 120 Å². The van der Waals surface area contributed by atoms with Crippen molar-refractivity contribution >= 4 is 5.78 Å². The molecular formula is C16H24O4. The van der Waals surface area contributed by atoms with Crippen LogP contribution in [-0.4, -0.2) is 41.4 Å². The van der Waals surface area contributed by atoms with Crippen LogP contribution >= 0.6 is 0 Å². The van der Waals surface area contributed by atoms with E-state index in [1.807, 2.05) is 20.8 Å². The van der Waals surface area contributed by atoms with Gasteiger partial charge in [0.05, 0.1) is 6.10 Å². The second kappa shape index (κ2) is 5.10. The zero-order valence-electron chi connectivity index (χ0n) is 12.7. The third-order valence-electron chi connectivity index (χ3n) is 4.56. The Morgan fingerprint density at radius 1 is 1.55 bits per heavy atom. The molecule has 2 aliphatic rings. The lowest BCUT2D eigenvalue weighted by atomic mass is 9.69. The van der Waals surface area contributed by atoms with Gasteiger partial charge in [-0.1, -0.05) is 18.2 Å². The van der Waals surface area contributed by atoms with Gasteiger partial charge in [-0.25, -0.2) is 0 Å². The number of aliphatic hydroxyl groups is 1. The van der Waals surface area contributed by atoms with Gasteiger partial charge in [0.15, 0.2) is 11.9 Å². The summed E-state index contributed by atoms with van der Waals surface area (Å²) in [4.78, 5) is 12.0. The van der Waals surface area contributed by atoms with E-state index in [1.54, 1.807) is 0 Å². The summed E-state index contributed by atoms with van der Waals surface area (Å²) in [5.74, 6) is -0.0833. The quantitative estimate of drug-likeness (QED) is 0.633. The molecule has 0 aromatic heterocycles. The second-order valence-electron chi connectivity index (χ2n) is 6.18. The van der Waals surface area contributed by atoms with Crippen molar-refractivity contribution in [3.63, 3.8) is 0 Å². The number of ether oxygens (including phenoxy) is 2. The fourth-order valence-electron chi connectivity index (χ4n) is 3.14. The third kappa shape index (κ3) is 2.16. The summed E-state index contributed by atoms with van der Waals surface area (Å²) in [6.45, 7) is 9.84. The average molecular weight is 280 g/mol. The number of hydrogen-bond donors (Lipinski definition) is 1. The number of allylic oxidation sites excluding steroid dienone is 1. The van der Waals surface area contributed by atoms with Gasteiger partial charge < -0.3 is 14.6 Å². The Kier molecular flexibility index (Phi) is 3.93. The van der Waals surface area contributed by atoms with Gasteiger partial charge in [0.2, 0.25) is 0 Å². The predicted molar refractivity (Wildman–Crippen MR) is 76.5 cm³/mol. The molecule has 1 saturated heterocycles. The van der Waals surface area contributed by atoms with E-state index in [9.17, 15) is 9.90 Å². The number of Topliss-reactive ketones (excluding diaryl/α,β-unsaturated/α-hetero) is 1. The van der Waals surface area contributed by atoms with E-state index in [0.717, 1.165) is 6.42 Å². The van der Waals surface area contributed by atoms with Crippen molar-refractivity contribution in [3.8, 4) is 0 Å². The van der Waals surface area contributed by atoms with E-state index in [0.29, 0.717) is 18.4 Å². The molecule has 0 aromatic carbocycles. The van der Waals surface area contributed by atoms with Gasteiger partial charge in [0.25, 0.3) is 0 Å². The van der Waals surface area contributed by atoms with Crippen LogP contribution in [0.5, 0.6) is 0 Å². The van der Waals surface area contributed by atoms with Gasteiger partial charge in [-0.15, -0.1) is 0 Å². The molecule has 2 fully saturated rings. The Morgan fingerprint density at radius 3 is 2.75 bits per heavy atom. The van der Waals surface area contributed by atoms with Crippen molar-refractivity contribution in [1.29, 1.82) is 0 Å². The van der Waals surface area contributed by atoms with Gasteiger partial charge in [0.1, 0.15) is 11.2 Å². The highest BCUT2D eigenvalue weighted by molar-refractivity contribution is 5.87. The van der Waals surface area contributed by atoms with E-state index in [4.69, 9.17) is 9.47 Å². The maximum atomic E-state index is 12.0. The molecule has 0 aromatic rings. The van der Waals surface area contributed by atoms with Gasteiger partial charge in [-0.05, 0) is 39.2 Å². The number of epoxide rings is 1. The van der Waals surface area contributed by atoms with Crippen LogP contribution in [0.15, 0.2) is 23.8 Å². The molecule has 2 rings (SSSR count). The lowest BCUT2D eigenvalue weighted by Gasteiger charge is -2.42. The van der Waals surface area contributed by atoms with Crippen molar-refractivity contribution in [3.05, 3.63) is 23.8 Å². The first-order chi connectivity index (χ1) is 9.27. The molecule has 1 saturated carbocycles. The van der Waals surface area contributed by atoms with Crippen LogP contribution in [0.2, 0.25) is 0 Å². The molecular weight excluding hydrogens is 256 g/mol. The number of ketones is 1. The van der Waals surface area contributed by atoms with E-state index in [2.05, 4.69) is 12.7 Å². The smallest absolute Gasteiger partial charge is 0.165 e. The Hall–Kier alpha value is -0.970. The number of hydrogen-bond acceptors (Lipinski definition) is 4. The standard InChI is InChI=1S/C16H24O4/c1-10(2)6-9-13-15(4,20-13)16(18)11(3)7-8-12(17)14(16)19-5/h6,13-14,18H,3,7-9H2,1-2,4-5H3/t13-,14-,15+,16+/m1/s1. The summed E-state index contributed by atoms with van der Waals surface area (Å²) < 4.78 is 11.0. The number of carbonyl (C=O) groups is 1. The van der Waals surface area contributed by atoms with E-state index in [-0.39, 0.29) is 11.9 Å². The van der Waals surface area contributed by atoms with Crippen LogP contribution in [0.3, 0.4) is 0 Å². The SMILES string of the molecule is C=C1CCC(=O)[C@@H](OC)[C@]1(O)[C@@]1(C)O[C@@H]1CC=C(C)C. The number of methoxy groups -OCH3 is 1. The van der Waals surface area contributed by atoms with Gasteiger partial charge >= 0.3 is 0 Å². The van der Waals surface area contributed by atoms with Crippen LogP contribution in [-0.2, 0) is 14.3 Å². The largest absolute Gasteiger partial charge is 0.379 e. The molecule has 0 bridgehead atoms. The Balaban J connectivity index is 2.26. The van der Waals surface area contributed by atoms with Crippen LogP contribution < -0.4 is 0 Å². The van der Waals surface area contributed by atoms with Crippen LogP contribution in [0, 0.1) is 0 Å². The van der Waals surface area contributed by atoms with Crippen molar-refractivity contribution < 1.29 is 19.4 Å². The van der Waals surface area contributed by atoms with E-state index < -0.39 is 17.3 Å². The van der Waals surface area contributed by atoms with E-state index in [1.165, 1.54) is 12.7 Å². The summed E-state index contributed by atoms with van der Waals surface area (Å²) in [7, 11) is 1.45. The zero-order valence-corrected chi connectivity index (χ0v) is 12.7. The molecule has 0 amide bonds. The van der Waals surface area contributed by atoms with Crippen molar-refractivity contribution in [2.75, 3.05) is 7.11 Å². The molecule has 4 nitrogen and oxygen atoms in total. The summed E-state index contributed by atoms with van der Waals surface area (Å²) in [5.41, 5.74) is -0.396. The molecule has 1 aliphatic carbocycles. The first kappa shape index (κ1) is 15.4. The molecule has 0 radical (unpaired) electrons. The highest BCUT2D eigenvalue weighted by Crippen LogP contribution is 2.54. The minimum atomic E-state index is -1.43. The topological polar surface area (TPSA) is 59.1 Å². The van der Waals surface area contributed by atoms with Crippen LogP contribution in [0.4, 0.5) is 0 Å². The lowest BCUT2D eigenvalue weighted by Crippen LogP contribution is -2.61. The summed E-state index contributed by atoms with van der Waals surface area (Å²) in [6, 6.07) is 0. The molecule has 0 spiro atoms. The number of carbonyl (C=O) groups excluding carboxylic acids is 1. The normalized spacial score (nSPS) is 40.6. The predicted octanol–water partition coefficient (Wildman–Crippen LogP) is 2.17. The summed E-state index contributed by atoms with van der Waals surface area (Å²) in [5, 5.41) is 11.1. The van der Waals surface area contributed by atoms with Gasteiger partial charge in [0, 0.05) is 13.5 Å². The summed E-state index contributed by atoms with van der Waals surface area (Å²) >= 11 is 0. The minimum Gasteiger partial charge on any atom is -0.379 e. The molecule has 0 unspecified atom stereocenters. The molecule has 1 N–H and O–H groups in total. The van der Waals surface area contributed by atoms with Crippen molar-refractivity contribution in [1.82, 2.24) is 0 Å². The molecule has 4 heteroatoms. The van der Waals surface area contributed by atoms with Gasteiger partial charge in [-0.2, -0.15) is 0 Å². The maximum Gasteiger partial charge on any atom is 0.165 e. The molecule has 1 heterocycles. The third-order valence-corrected chi connectivity index (χ3v) is 4.56. The summed E-state index contributed by atoms with van der Waals surface area (Å²) in [6.07, 6.45) is 2.67. The van der Waals surface area contributed by atoms with Crippen LogP contribution in [0.25, 0.3) is 0 Å². The highest BCUT2D eigenvalue weighted by atomic mass is 16.6. The second-order valence-corrected chi connectivity index (χ2v) is 6.18. The molecule has 4 atom stereocenters. The lowest BCUT2D eigenvalue weighted by molar-refractivity contribution is -0.157. The average Bonchev–Trinajstić information content (AvgIpc) is 3.05. The minimum absolute atomic E-state index is 0.0833. The first-order valence-electron chi connectivity index (χ1n) is 7.04. The molecule has 1 aliphatic heterocycles. The highest BCUT2D eigenvalue weighted by Gasteiger charge is 2.70. The first-order valence-corrected chi connectivity index (χ1v) is 7.04. The van der Waals surface area contributed by atoms with Crippen molar-refractivity contribution in [2.24, 2.45) is 0 Å². The fraction of sp³-hybridized carbons (Fsp3) is 0.688.